The number of carbonyl (C=O) groups excluding carboxylic acids is 1. The van der Waals surface area contributed by atoms with Crippen LogP contribution in [0.15, 0.2) is 18.3 Å². The van der Waals surface area contributed by atoms with Crippen LogP contribution in [-0.4, -0.2) is 23.4 Å². The Morgan fingerprint density at radius 1 is 1.60 bits per heavy atom. The fourth-order valence-corrected chi connectivity index (χ4v) is 1.87. The summed E-state index contributed by atoms with van der Waals surface area (Å²) in [5, 5.41) is 0. The molecule has 0 aliphatic heterocycles. The van der Waals surface area contributed by atoms with Crippen LogP contribution < -0.4 is 4.90 Å². The number of aromatic nitrogens is 1. The van der Waals surface area contributed by atoms with E-state index in [9.17, 15) is 4.79 Å². The molecule has 1 heterocycles. The number of nitrogens with zero attached hydrogens (tertiary/aromatic N) is 2. The Morgan fingerprint density at radius 3 is 2.87 bits per heavy atom. The van der Waals surface area contributed by atoms with Gasteiger partial charge in [-0.2, -0.15) is 0 Å². The van der Waals surface area contributed by atoms with Crippen molar-refractivity contribution in [3.63, 3.8) is 0 Å². The molecule has 0 aromatic carbocycles. The van der Waals surface area contributed by atoms with Gasteiger partial charge in [-0.05, 0) is 38.8 Å². The van der Waals surface area contributed by atoms with E-state index in [0.717, 1.165) is 17.9 Å². The maximum Gasteiger partial charge on any atom is 0.163 e. The highest BCUT2D eigenvalue weighted by atomic mass is 16.1. The highest BCUT2D eigenvalue weighted by molar-refractivity contribution is 5.98. The normalized spacial score (nSPS) is 15.1. The third-order valence-electron chi connectivity index (χ3n) is 2.77. The molecule has 0 saturated heterocycles. The highest BCUT2D eigenvalue weighted by Crippen LogP contribution is 2.31. The number of pyridine rings is 1. The van der Waals surface area contributed by atoms with Crippen LogP contribution >= 0.6 is 0 Å². The lowest BCUT2D eigenvalue weighted by molar-refractivity contribution is 0.101. The van der Waals surface area contributed by atoms with Gasteiger partial charge >= 0.3 is 0 Å². The Labute approximate surface area is 90.1 Å². The van der Waals surface area contributed by atoms with Crippen LogP contribution in [0.25, 0.3) is 0 Å². The van der Waals surface area contributed by atoms with Crippen LogP contribution in [-0.2, 0) is 0 Å². The fraction of sp³-hybridized carbons (Fsp3) is 0.500. The van der Waals surface area contributed by atoms with E-state index in [1.807, 2.05) is 12.1 Å². The van der Waals surface area contributed by atoms with E-state index < -0.39 is 0 Å². The lowest BCUT2D eigenvalue weighted by Crippen LogP contribution is -2.27. The van der Waals surface area contributed by atoms with Gasteiger partial charge in [-0.15, -0.1) is 0 Å². The van der Waals surface area contributed by atoms with Gasteiger partial charge in [-0.3, -0.25) is 4.79 Å². The average molecular weight is 204 g/mol. The van der Waals surface area contributed by atoms with E-state index >= 15 is 0 Å². The second-order valence-electron chi connectivity index (χ2n) is 3.95. The molecule has 15 heavy (non-hydrogen) atoms. The molecule has 0 bridgehead atoms. The topological polar surface area (TPSA) is 33.2 Å². The number of Topliss-reactive ketones (excluding diaryl/α,β-unsaturated/α-hetero) is 1. The van der Waals surface area contributed by atoms with E-state index in [1.54, 1.807) is 13.1 Å². The van der Waals surface area contributed by atoms with E-state index in [4.69, 9.17) is 0 Å². The highest BCUT2D eigenvalue weighted by Gasteiger charge is 2.30. The molecule has 1 aromatic heterocycles. The molecular weight excluding hydrogens is 188 g/mol. The minimum atomic E-state index is 0.0946. The number of ketones is 1. The molecular formula is C12H16N2O. The van der Waals surface area contributed by atoms with Gasteiger partial charge in [0, 0.05) is 18.8 Å². The molecule has 0 spiro atoms. The molecule has 1 aliphatic carbocycles. The van der Waals surface area contributed by atoms with Gasteiger partial charge in [0.15, 0.2) is 5.78 Å². The molecule has 1 fully saturated rings. The van der Waals surface area contributed by atoms with Crippen molar-refractivity contribution in [2.75, 3.05) is 11.4 Å². The van der Waals surface area contributed by atoms with Crippen molar-refractivity contribution in [1.82, 2.24) is 4.98 Å². The van der Waals surface area contributed by atoms with E-state index in [0.29, 0.717) is 6.04 Å². The van der Waals surface area contributed by atoms with Gasteiger partial charge < -0.3 is 4.90 Å². The predicted octanol–water partition coefficient (Wildman–Crippen LogP) is 2.27. The minimum absolute atomic E-state index is 0.0946. The van der Waals surface area contributed by atoms with E-state index in [1.165, 1.54) is 12.8 Å². The molecule has 0 atom stereocenters. The maximum absolute atomic E-state index is 11.5. The van der Waals surface area contributed by atoms with Gasteiger partial charge in [0.1, 0.15) is 5.82 Å². The summed E-state index contributed by atoms with van der Waals surface area (Å²) >= 11 is 0. The number of anilines is 1. The van der Waals surface area contributed by atoms with Crippen molar-refractivity contribution < 1.29 is 4.79 Å². The Morgan fingerprint density at radius 2 is 2.33 bits per heavy atom. The zero-order chi connectivity index (χ0) is 10.8. The summed E-state index contributed by atoms with van der Waals surface area (Å²) in [5.74, 6) is 0.951. The summed E-state index contributed by atoms with van der Waals surface area (Å²) < 4.78 is 0. The first-order valence-corrected chi connectivity index (χ1v) is 5.46. The van der Waals surface area contributed by atoms with E-state index in [-0.39, 0.29) is 5.78 Å². The van der Waals surface area contributed by atoms with Gasteiger partial charge in [0.2, 0.25) is 0 Å². The second-order valence-corrected chi connectivity index (χ2v) is 3.95. The lowest BCUT2D eigenvalue weighted by Gasteiger charge is -2.23. The number of hydrogen-bond donors (Lipinski definition) is 0. The summed E-state index contributed by atoms with van der Waals surface area (Å²) in [6, 6.07) is 4.28. The first-order chi connectivity index (χ1) is 7.24. The zero-order valence-corrected chi connectivity index (χ0v) is 9.23. The smallest absolute Gasteiger partial charge is 0.163 e. The average Bonchev–Trinajstić information content (AvgIpc) is 3.04. The van der Waals surface area contributed by atoms with Crippen molar-refractivity contribution in [3.05, 3.63) is 23.9 Å². The molecule has 3 heteroatoms. The molecule has 1 aromatic rings. The van der Waals surface area contributed by atoms with Crippen molar-refractivity contribution >= 4 is 11.6 Å². The van der Waals surface area contributed by atoms with Crippen LogP contribution in [0.1, 0.15) is 37.0 Å². The SMILES string of the molecule is CCN(c1ncccc1C(C)=O)C1CC1. The molecule has 80 valence electrons. The van der Waals surface area contributed by atoms with Gasteiger partial charge in [0.25, 0.3) is 0 Å². The minimum Gasteiger partial charge on any atom is -0.353 e. The maximum atomic E-state index is 11.5. The van der Waals surface area contributed by atoms with Crippen LogP contribution in [0.3, 0.4) is 0 Å². The molecule has 1 saturated carbocycles. The van der Waals surface area contributed by atoms with E-state index in [2.05, 4.69) is 16.8 Å². The summed E-state index contributed by atoms with van der Waals surface area (Å²) in [6.45, 7) is 4.63. The number of carbonyl (C=O) groups is 1. The number of rotatable bonds is 4. The Bertz CT molecular complexity index is 372. The van der Waals surface area contributed by atoms with Gasteiger partial charge in [-0.1, -0.05) is 0 Å². The number of hydrogen-bond acceptors (Lipinski definition) is 3. The molecule has 2 rings (SSSR count). The van der Waals surface area contributed by atoms with Gasteiger partial charge in [-0.25, -0.2) is 4.98 Å². The zero-order valence-electron chi connectivity index (χ0n) is 9.23. The summed E-state index contributed by atoms with van der Waals surface area (Å²) in [5.41, 5.74) is 0.742. The van der Waals surface area contributed by atoms with Crippen LogP contribution in [0.2, 0.25) is 0 Å². The fourth-order valence-electron chi connectivity index (χ4n) is 1.87. The standard InChI is InChI=1S/C12H16N2O/c1-3-14(10-6-7-10)12-11(9(2)15)5-4-8-13-12/h4-5,8,10H,3,6-7H2,1-2H3. The Balaban J connectivity index is 2.36. The molecule has 3 nitrogen and oxygen atoms in total. The van der Waals surface area contributed by atoms with Crippen molar-refractivity contribution in [2.45, 2.75) is 32.7 Å². The Hall–Kier alpha value is -1.38. The third kappa shape index (κ3) is 2.01. The molecule has 0 radical (unpaired) electrons. The monoisotopic (exact) mass is 204 g/mol. The van der Waals surface area contributed by atoms with Crippen LogP contribution in [0.4, 0.5) is 5.82 Å². The molecule has 0 N–H and O–H groups in total. The lowest BCUT2D eigenvalue weighted by atomic mass is 10.1. The van der Waals surface area contributed by atoms with Crippen molar-refractivity contribution in [1.29, 1.82) is 0 Å². The largest absolute Gasteiger partial charge is 0.353 e. The molecule has 0 amide bonds. The first-order valence-electron chi connectivity index (χ1n) is 5.46. The second kappa shape index (κ2) is 4.01. The summed E-state index contributed by atoms with van der Waals surface area (Å²) in [7, 11) is 0. The van der Waals surface area contributed by atoms with Crippen molar-refractivity contribution in [3.8, 4) is 0 Å². The predicted molar refractivity (Wildman–Crippen MR) is 60.3 cm³/mol. The third-order valence-corrected chi connectivity index (χ3v) is 2.77. The molecule has 0 unspecified atom stereocenters. The molecule has 1 aliphatic rings. The van der Waals surface area contributed by atoms with Crippen LogP contribution in [0, 0.1) is 0 Å². The first kappa shape index (κ1) is 10.1. The van der Waals surface area contributed by atoms with Gasteiger partial charge in [0.05, 0.1) is 5.56 Å². The summed E-state index contributed by atoms with van der Waals surface area (Å²) in [4.78, 5) is 18.0. The summed E-state index contributed by atoms with van der Waals surface area (Å²) in [6.07, 6.45) is 4.20. The van der Waals surface area contributed by atoms with Crippen LogP contribution in [0.5, 0.6) is 0 Å². The Kier molecular flexibility index (Phi) is 2.71. The quantitative estimate of drug-likeness (QED) is 0.705. The van der Waals surface area contributed by atoms with Crippen molar-refractivity contribution in [2.24, 2.45) is 0 Å².